The number of unbranched alkanes of at least 4 members (excludes halogenated alkanes) is 2. The van der Waals surface area contributed by atoms with Gasteiger partial charge >= 0.3 is 5.97 Å². The highest BCUT2D eigenvalue weighted by molar-refractivity contribution is 6.31. The highest BCUT2D eigenvalue weighted by atomic mass is 35.5. The van der Waals surface area contributed by atoms with Crippen LogP contribution in [0.3, 0.4) is 0 Å². The summed E-state index contributed by atoms with van der Waals surface area (Å²) in [5, 5.41) is 13.5. The van der Waals surface area contributed by atoms with Crippen LogP contribution in [0.15, 0.2) is 48.5 Å². The topological polar surface area (TPSA) is 92.2 Å². The molecule has 31 heavy (non-hydrogen) atoms. The molecule has 0 spiro atoms. The first-order valence-electron chi connectivity index (χ1n) is 9.86. The van der Waals surface area contributed by atoms with Gasteiger partial charge in [0.15, 0.2) is 11.4 Å². The molecule has 1 amide bonds. The molecule has 0 radical (unpaired) electrons. The van der Waals surface area contributed by atoms with Crippen LogP contribution in [0.1, 0.15) is 47.2 Å². The molecule has 6 nitrogen and oxygen atoms in total. The van der Waals surface area contributed by atoms with Gasteiger partial charge in [-0.05, 0) is 30.7 Å². The Labute approximate surface area is 190 Å². The quantitative estimate of drug-likeness (QED) is 0.421. The second-order valence-corrected chi connectivity index (χ2v) is 7.77. The molecule has 0 aliphatic rings. The number of nitrogens with zero attached hydrogens (tertiary/aromatic N) is 2. The van der Waals surface area contributed by atoms with Crippen molar-refractivity contribution < 1.29 is 14.7 Å². The van der Waals surface area contributed by atoms with Crippen LogP contribution in [0.25, 0.3) is 22.5 Å². The number of amides is 1. The van der Waals surface area contributed by atoms with E-state index in [-0.39, 0.29) is 5.69 Å². The fourth-order valence-corrected chi connectivity index (χ4v) is 3.27. The predicted molar refractivity (Wildman–Crippen MR) is 122 cm³/mol. The number of carbonyl (C=O) groups is 2. The number of halogens is 2. The molecular weight excluding hydrogens is 437 g/mol. The lowest BCUT2D eigenvalue weighted by molar-refractivity contribution is 0.0683. The van der Waals surface area contributed by atoms with Gasteiger partial charge in [-0.25, -0.2) is 14.8 Å². The zero-order valence-electron chi connectivity index (χ0n) is 16.9. The van der Waals surface area contributed by atoms with Crippen LogP contribution in [0.2, 0.25) is 10.0 Å². The van der Waals surface area contributed by atoms with Crippen molar-refractivity contribution in [2.45, 2.75) is 26.2 Å². The summed E-state index contributed by atoms with van der Waals surface area (Å²) in [7, 11) is 0. The van der Waals surface area contributed by atoms with Crippen LogP contribution in [0.5, 0.6) is 0 Å². The molecule has 0 saturated carbocycles. The van der Waals surface area contributed by atoms with Crippen LogP contribution in [-0.2, 0) is 0 Å². The van der Waals surface area contributed by atoms with Gasteiger partial charge in [0.25, 0.3) is 5.91 Å². The largest absolute Gasteiger partial charge is 0.476 e. The van der Waals surface area contributed by atoms with Crippen molar-refractivity contribution in [3.8, 4) is 22.5 Å². The molecule has 2 N–H and O–H groups in total. The summed E-state index contributed by atoms with van der Waals surface area (Å²) >= 11 is 12.0. The van der Waals surface area contributed by atoms with Crippen LogP contribution >= 0.6 is 23.2 Å². The fraction of sp³-hybridized carbons (Fsp3) is 0.217. The lowest BCUT2D eigenvalue weighted by Crippen LogP contribution is -2.28. The predicted octanol–water partition coefficient (Wildman–Crippen LogP) is 5.74. The van der Waals surface area contributed by atoms with Crippen LogP contribution in [0.4, 0.5) is 0 Å². The second kappa shape index (κ2) is 10.4. The summed E-state index contributed by atoms with van der Waals surface area (Å²) in [5.74, 6) is -1.90. The molecule has 0 saturated heterocycles. The lowest BCUT2D eigenvalue weighted by Gasteiger charge is -2.14. The number of carboxylic acids is 1. The number of hydrogen-bond donors (Lipinski definition) is 2. The van der Waals surface area contributed by atoms with Crippen molar-refractivity contribution in [3.63, 3.8) is 0 Å². The maximum absolute atomic E-state index is 12.7. The molecule has 2 aromatic carbocycles. The minimum Gasteiger partial charge on any atom is -0.476 e. The molecule has 0 aliphatic heterocycles. The van der Waals surface area contributed by atoms with E-state index in [9.17, 15) is 14.7 Å². The summed E-state index contributed by atoms with van der Waals surface area (Å²) in [6.45, 7) is 2.49. The van der Waals surface area contributed by atoms with Crippen molar-refractivity contribution in [2.24, 2.45) is 0 Å². The normalized spacial score (nSPS) is 10.7. The van der Waals surface area contributed by atoms with E-state index < -0.39 is 17.6 Å². The minimum absolute atomic E-state index is 0.230. The molecule has 160 valence electrons. The lowest BCUT2D eigenvalue weighted by atomic mass is 10.0. The number of aromatic carboxylic acids is 1. The Morgan fingerprint density at radius 3 is 1.77 bits per heavy atom. The zero-order valence-corrected chi connectivity index (χ0v) is 18.4. The minimum atomic E-state index is -1.33. The fourth-order valence-electron chi connectivity index (χ4n) is 3.02. The van der Waals surface area contributed by atoms with Crippen molar-refractivity contribution in [3.05, 3.63) is 70.0 Å². The number of carbonyl (C=O) groups excluding carboxylic acids is 1. The first kappa shape index (κ1) is 22.7. The maximum Gasteiger partial charge on any atom is 0.357 e. The Bertz CT molecular complexity index is 1080. The third-order valence-electron chi connectivity index (χ3n) is 4.61. The first-order valence-corrected chi connectivity index (χ1v) is 10.6. The van der Waals surface area contributed by atoms with E-state index in [0.717, 1.165) is 19.3 Å². The number of rotatable bonds is 8. The van der Waals surface area contributed by atoms with Crippen molar-refractivity contribution in [1.29, 1.82) is 0 Å². The standard InChI is InChI=1S/C23H21Cl2N3O3/c1-2-3-4-13-26-22(29)20-21(23(30)31)28-19(15-7-11-17(25)12-8-15)18(27-20)14-5-9-16(24)10-6-14/h5-12H,2-4,13H2,1H3,(H,26,29)(H,30,31). The molecule has 3 aromatic rings. The molecule has 8 heteroatoms. The molecule has 3 rings (SSSR count). The number of nitrogens with one attached hydrogen (secondary N) is 1. The van der Waals surface area contributed by atoms with E-state index >= 15 is 0 Å². The highest BCUT2D eigenvalue weighted by Gasteiger charge is 2.25. The van der Waals surface area contributed by atoms with Crippen molar-refractivity contribution >= 4 is 35.1 Å². The summed E-state index contributed by atoms with van der Waals surface area (Å²) in [4.78, 5) is 33.5. The van der Waals surface area contributed by atoms with Gasteiger partial charge in [-0.2, -0.15) is 0 Å². The van der Waals surface area contributed by atoms with E-state index in [4.69, 9.17) is 23.2 Å². The van der Waals surface area contributed by atoms with Gasteiger partial charge in [0.1, 0.15) is 0 Å². The molecule has 1 heterocycles. The second-order valence-electron chi connectivity index (χ2n) is 6.90. The van der Waals surface area contributed by atoms with Crippen LogP contribution < -0.4 is 5.32 Å². The van der Waals surface area contributed by atoms with Gasteiger partial charge in [-0.1, -0.05) is 67.2 Å². The van der Waals surface area contributed by atoms with Gasteiger partial charge in [-0.3, -0.25) is 4.79 Å². The summed E-state index contributed by atoms with van der Waals surface area (Å²) < 4.78 is 0. The summed E-state index contributed by atoms with van der Waals surface area (Å²) in [6, 6.07) is 13.7. The van der Waals surface area contributed by atoms with Gasteiger partial charge in [-0.15, -0.1) is 0 Å². The Hall–Kier alpha value is -2.96. The average molecular weight is 458 g/mol. The molecule has 0 fully saturated rings. The number of hydrogen-bond acceptors (Lipinski definition) is 4. The van der Waals surface area contributed by atoms with Gasteiger partial charge < -0.3 is 10.4 Å². The monoisotopic (exact) mass is 457 g/mol. The summed E-state index contributed by atoms with van der Waals surface area (Å²) in [5.41, 5.74) is 1.35. The van der Waals surface area contributed by atoms with E-state index in [2.05, 4.69) is 22.2 Å². The van der Waals surface area contributed by atoms with Gasteiger partial charge in [0.05, 0.1) is 11.4 Å². The zero-order chi connectivity index (χ0) is 22.4. The third kappa shape index (κ3) is 5.60. The third-order valence-corrected chi connectivity index (χ3v) is 5.12. The average Bonchev–Trinajstić information content (AvgIpc) is 2.77. The maximum atomic E-state index is 12.7. The molecule has 0 atom stereocenters. The van der Waals surface area contributed by atoms with Crippen LogP contribution in [-0.4, -0.2) is 33.5 Å². The molecule has 0 aliphatic carbocycles. The van der Waals surface area contributed by atoms with E-state index in [1.807, 2.05) is 0 Å². The highest BCUT2D eigenvalue weighted by Crippen LogP contribution is 2.31. The Balaban J connectivity index is 2.14. The van der Waals surface area contributed by atoms with Gasteiger partial charge in [0, 0.05) is 27.7 Å². The first-order chi connectivity index (χ1) is 14.9. The number of benzene rings is 2. The Morgan fingerprint density at radius 1 is 0.839 bits per heavy atom. The SMILES string of the molecule is CCCCCNC(=O)c1nc(-c2ccc(Cl)cc2)c(-c2ccc(Cl)cc2)nc1C(=O)O. The van der Waals surface area contributed by atoms with Crippen molar-refractivity contribution in [2.75, 3.05) is 6.54 Å². The van der Waals surface area contributed by atoms with Crippen LogP contribution in [0, 0.1) is 0 Å². The Morgan fingerprint density at radius 2 is 1.32 bits per heavy atom. The molecule has 0 unspecified atom stereocenters. The molecule has 1 aromatic heterocycles. The molecular formula is C23H21Cl2N3O3. The van der Waals surface area contributed by atoms with Crippen molar-refractivity contribution in [1.82, 2.24) is 15.3 Å². The van der Waals surface area contributed by atoms with Gasteiger partial charge in [0.2, 0.25) is 0 Å². The molecule has 0 bridgehead atoms. The number of carboxylic acid groups (broad SMARTS) is 1. The summed E-state index contributed by atoms with van der Waals surface area (Å²) in [6.07, 6.45) is 2.76. The number of aromatic nitrogens is 2. The van der Waals surface area contributed by atoms with E-state index in [1.54, 1.807) is 48.5 Å². The van der Waals surface area contributed by atoms with E-state index in [0.29, 0.717) is 39.1 Å². The Kier molecular flexibility index (Phi) is 7.60. The smallest absolute Gasteiger partial charge is 0.357 e. The van der Waals surface area contributed by atoms with E-state index in [1.165, 1.54) is 0 Å².